The highest BCUT2D eigenvalue weighted by atomic mass is 16.5. The van der Waals surface area contributed by atoms with Crippen molar-refractivity contribution in [3.63, 3.8) is 0 Å². The largest absolute Gasteiger partial charge is 0.496 e. The molecule has 0 fully saturated rings. The van der Waals surface area contributed by atoms with E-state index in [9.17, 15) is 5.11 Å². The Morgan fingerprint density at radius 2 is 2.29 bits per heavy atom. The smallest absolute Gasteiger partial charge is 0.124 e. The van der Waals surface area contributed by atoms with Crippen LogP contribution in [0, 0.1) is 6.92 Å². The molecule has 3 heteroatoms. The number of benzene rings is 1. The van der Waals surface area contributed by atoms with Gasteiger partial charge in [0.25, 0.3) is 0 Å². The van der Waals surface area contributed by atoms with Crippen LogP contribution in [0.25, 0.3) is 0 Å². The standard InChI is InChI=1S/C14H21NO2/c1-4-5-8-15-10-13(16)12-9-11(2)6-7-14(12)17-3/h4,6-7,9,13,15-16H,1,5,8,10H2,2-3H3. The molecule has 1 atom stereocenters. The summed E-state index contributed by atoms with van der Waals surface area (Å²) in [6, 6.07) is 5.82. The molecule has 0 aliphatic heterocycles. The van der Waals surface area contributed by atoms with E-state index in [0.717, 1.165) is 29.8 Å². The second-order valence-corrected chi connectivity index (χ2v) is 4.04. The molecule has 0 heterocycles. The third kappa shape index (κ3) is 4.21. The van der Waals surface area contributed by atoms with Crippen molar-refractivity contribution in [1.82, 2.24) is 5.32 Å². The van der Waals surface area contributed by atoms with E-state index < -0.39 is 6.10 Å². The molecule has 0 aromatic heterocycles. The van der Waals surface area contributed by atoms with Gasteiger partial charge in [0.2, 0.25) is 0 Å². The molecule has 0 spiro atoms. The summed E-state index contributed by atoms with van der Waals surface area (Å²) in [5.41, 5.74) is 1.95. The summed E-state index contributed by atoms with van der Waals surface area (Å²) < 4.78 is 5.24. The first-order valence-electron chi connectivity index (χ1n) is 5.83. The molecule has 2 N–H and O–H groups in total. The van der Waals surface area contributed by atoms with Crippen molar-refractivity contribution in [3.05, 3.63) is 42.0 Å². The van der Waals surface area contributed by atoms with Gasteiger partial charge in [-0.3, -0.25) is 0 Å². The Labute approximate surface area is 103 Å². The van der Waals surface area contributed by atoms with Crippen molar-refractivity contribution < 1.29 is 9.84 Å². The normalized spacial score (nSPS) is 12.2. The molecule has 1 aromatic carbocycles. The summed E-state index contributed by atoms with van der Waals surface area (Å²) in [7, 11) is 1.62. The van der Waals surface area contributed by atoms with Crippen molar-refractivity contribution in [2.75, 3.05) is 20.2 Å². The molecular formula is C14H21NO2. The minimum atomic E-state index is -0.547. The zero-order valence-corrected chi connectivity index (χ0v) is 10.6. The number of nitrogens with one attached hydrogen (secondary N) is 1. The van der Waals surface area contributed by atoms with E-state index in [1.54, 1.807) is 7.11 Å². The lowest BCUT2D eigenvalue weighted by Crippen LogP contribution is -2.22. The van der Waals surface area contributed by atoms with E-state index in [0.29, 0.717) is 6.54 Å². The maximum Gasteiger partial charge on any atom is 0.124 e. The maximum absolute atomic E-state index is 10.1. The number of aliphatic hydroxyl groups excluding tert-OH is 1. The van der Waals surface area contributed by atoms with Crippen molar-refractivity contribution in [2.45, 2.75) is 19.4 Å². The lowest BCUT2D eigenvalue weighted by molar-refractivity contribution is 0.171. The lowest BCUT2D eigenvalue weighted by atomic mass is 10.1. The second-order valence-electron chi connectivity index (χ2n) is 4.04. The SMILES string of the molecule is C=CCCNCC(O)c1cc(C)ccc1OC. The van der Waals surface area contributed by atoms with Crippen LogP contribution < -0.4 is 10.1 Å². The maximum atomic E-state index is 10.1. The predicted octanol–water partition coefficient (Wildman–Crippen LogP) is 2.20. The second kappa shape index (κ2) is 7.09. The number of ether oxygens (including phenoxy) is 1. The van der Waals surface area contributed by atoms with Gasteiger partial charge in [0.05, 0.1) is 13.2 Å². The quantitative estimate of drug-likeness (QED) is 0.562. The summed E-state index contributed by atoms with van der Waals surface area (Å²) in [4.78, 5) is 0. The van der Waals surface area contributed by atoms with Crippen LogP contribution >= 0.6 is 0 Å². The van der Waals surface area contributed by atoms with Crippen LogP contribution in [-0.4, -0.2) is 25.3 Å². The van der Waals surface area contributed by atoms with Gasteiger partial charge in [0.1, 0.15) is 5.75 Å². The van der Waals surface area contributed by atoms with Gasteiger partial charge < -0.3 is 15.2 Å². The van der Waals surface area contributed by atoms with Crippen LogP contribution in [0.2, 0.25) is 0 Å². The minimum absolute atomic E-state index is 0.521. The van der Waals surface area contributed by atoms with E-state index in [1.807, 2.05) is 31.2 Å². The van der Waals surface area contributed by atoms with E-state index in [1.165, 1.54) is 0 Å². The van der Waals surface area contributed by atoms with Gasteiger partial charge in [-0.2, -0.15) is 0 Å². The zero-order valence-electron chi connectivity index (χ0n) is 10.6. The Bertz CT molecular complexity index is 363. The summed E-state index contributed by atoms with van der Waals surface area (Å²) in [6.45, 7) is 7.00. The molecule has 1 rings (SSSR count). The molecule has 1 aromatic rings. The fourth-order valence-electron chi connectivity index (χ4n) is 1.67. The Morgan fingerprint density at radius 3 is 2.94 bits per heavy atom. The fourth-order valence-corrected chi connectivity index (χ4v) is 1.67. The van der Waals surface area contributed by atoms with E-state index in [-0.39, 0.29) is 0 Å². The third-order valence-electron chi connectivity index (χ3n) is 2.61. The van der Waals surface area contributed by atoms with Crippen LogP contribution in [0.4, 0.5) is 0 Å². The number of hydrogen-bond acceptors (Lipinski definition) is 3. The number of aryl methyl sites for hydroxylation is 1. The Balaban J connectivity index is 2.63. The van der Waals surface area contributed by atoms with Crippen LogP contribution in [0.5, 0.6) is 5.75 Å². The molecule has 0 bridgehead atoms. The number of methoxy groups -OCH3 is 1. The van der Waals surface area contributed by atoms with Crippen LogP contribution in [0.15, 0.2) is 30.9 Å². The first kappa shape index (κ1) is 13.7. The summed E-state index contributed by atoms with van der Waals surface area (Å²) in [6.07, 6.45) is 2.21. The van der Waals surface area contributed by atoms with Gasteiger partial charge in [-0.25, -0.2) is 0 Å². The van der Waals surface area contributed by atoms with Crippen LogP contribution in [0.3, 0.4) is 0 Å². The summed E-state index contributed by atoms with van der Waals surface area (Å²) >= 11 is 0. The Kier molecular flexibility index (Phi) is 5.73. The van der Waals surface area contributed by atoms with Gasteiger partial charge in [-0.1, -0.05) is 17.7 Å². The topological polar surface area (TPSA) is 41.5 Å². The summed E-state index contributed by atoms with van der Waals surface area (Å²) in [5.74, 6) is 0.730. The zero-order chi connectivity index (χ0) is 12.7. The molecular weight excluding hydrogens is 214 g/mol. The monoisotopic (exact) mass is 235 g/mol. The van der Waals surface area contributed by atoms with Gasteiger partial charge in [0.15, 0.2) is 0 Å². The Morgan fingerprint density at radius 1 is 1.53 bits per heavy atom. The first-order chi connectivity index (χ1) is 8.19. The van der Waals surface area contributed by atoms with Crippen molar-refractivity contribution >= 4 is 0 Å². The molecule has 94 valence electrons. The van der Waals surface area contributed by atoms with Crippen LogP contribution in [-0.2, 0) is 0 Å². The summed E-state index contributed by atoms with van der Waals surface area (Å²) in [5, 5.41) is 13.3. The van der Waals surface area contributed by atoms with E-state index in [4.69, 9.17) is 4.74 Å². The lowest BCUT2D eigenvalue weighted by Gasteiger charge is -2.16. The molecule has 17 heavy (non-hydrogen) atoms. The molecule has 0 saturated heterocycles. The highest BCUT2D eigenvalue weighted by molar-refractivity contribution is 5.38. The number of aliphatic hydroxyl groups is 1. The predicted molar refractivity (Wildman–Crippen MR) is 70.4 cm³/mol. The third-order valence-corrected chi connectivity index (χ3v) is 2.61. The van der Waals surface area contributed by atoms with Gasteiger partial charge in [0, 0.05) is 12.1 Å². The molecule has 0 saturated carbocycles. The van der Waals surface area contributed by atoms with Crippen molar-refractivity contribution in [2.24, 2.45) is 0 Å². The molecule has 0 radical (unpaired) electrons. The minimum Gasteiger partial charge on any atom is -0.496 e. The fraction of sp³-hybridized carbons (Fsp3) is 0.429. The van der Waals surface area contributed by atoms with Gasteiger partial charge >= 0.3 is 0 Å². The molecule has 0 amide bonds. The van der Waals surface area contributed by atoms with Gasteiger partial charge in [-0.05, 0) is 32.0 Å². The van der Waals surface area contributed by atoms with E-state index in [2.05, 4.69) is 11.9 Å². The average Bonchev–Trinajstić information content (AvgIpc) is 2.34. The number of rotatable bonds is 7. The highest BCUT2D eigenvalue weighted by Crippen LogP contribution is 2.25. The molecule has 0 aliphatic carbocycles. The Hall–Kier alpha value is -1.32. The van der Waals surface area contributed by atoms with E-state index >= 15 is 0 Å². The number of hydrogen-bond donors (Lipinski definition) is 2. The molecule has 3 nitrogen and oxygen atoms in total. The molecule has 1 unspecified atom stereocenters. The first-order valence-corrected chi connectivity index (χ1v) is 5.83. The van der Waals surface area contributed by atoms with Crippen molar-refractivity contribution in [3.8, 4) is 5.75 Å². The highest BCUT2D eigenvalue weighted by Gasteiger charge is 2.12. The van der Waals surface area contributed by atoms with Crippen molar-refractivity contribution in [1.29, 1.82) is 0 Å². The molecule has 0 aliphatic rings. The van der Waals surface area contributed by atoms with Gasteiger partial charge in [-0.15, -0.1) is 6.58 Å². The van der Waals surface area contributed by atoms with Crippen LogP contribution in [0.1, 0.15) is 23.7 Å². The average molecular weight is 235 g/mol.